The van der Waals surface area contributed by atoms with Gasteiger partial charge >= 0.3 is 67.8 Å². The predicted molar refractivity (Wildman–Crippen MR) is 222 cm³/mol. The minimum absolute atomic E-state index is 0. The van der Waals surface area contributed by atoms with E-state index in [2.05, 4.69) is 158 Å². The maximum Gasteiger partial charge on any atom is 0 e. The van der Waals surface area contributed by atoms with Crippen molar-refractivity contribution in [2.24, 2.45) is 5.92 Å². The zero-order valence-electron chi connectivity index (χ0n) is 36.7. The first-order valence-electron chi connectivity index (χ1n) is 17.7. The Morgan fingerprint density at radius 1 is 0.867 bits per heavy atom. The summed E-state index contributed by atoms with van der Waals surface area (Å²) in [4.78, 5) is 16.2. The smallest absolute Gasteiger partial charge is 0 e. The molecule has 4 atom stereocenters. The van der Waals surface area contributed by atoms with Crippen molar-refractivity contribution in [3.8, 4) is 23.7 Å². The van der Waals surface area contributed by atoms with Crippen molar-refractivity contribution in [2.75, 3.05) is 13.9 Å². The van der Waals surface area contributed by atoms with Crippen molar-refractivity contribution in [1.29, 1.82) is 0 Å². The Morgan fingerprint density at radius 3 is 1.68 bits per heavy atom. The van der Waals surface area contributed by atoms with Crippen molar-refractivity contribution in [1.82, 2.24) is 0 Å². The van der Waals surface area contributed by atoms with Crippen LogP contribution >= 0.6 is 11.8 Å². The van der Waals surface area contributed by atoms with Crippen LogP contribution in [0.3, 0.4) is 0 Å². The number of ether oxygens (including phenoxy) is 2. The first-order valence-corrected chi connectivity index (χ1v) is 23.5. The van der Waals surface area contributed by atoms with Crippen LogP contribution in [-0.4, -0.2) is 53.0 Å². The van der Waals surface area contributed by atoms with Gasteiger partial charge in [-0.1, -0.05) is 110 Å². The molecule has 0 saturated heterocycles. The van der Waals surface area contributed by atoms with Crippen LogP contribution in [0, 0.1) is 69.5 Å². The van der Waals surface area contributed by atoms with Gasteiger partial charge in [0.2, 0.25) is 0 Å². The molecule has 0 spiro atoms. The zero-order chi connectivity index (χ0) is 47.0. The molecule has 0 amide bonds. The summed E-state index contributed by atoms with van der Waals surface area (Å²) in [6.45, 7) is 57.7. The maximum atomic E-state index is 15.2. The molecule has 0 unspecified atom stereocenters. The minimum atomic E-state index is -2.65. The molecule has 16 heteroatoms. The fourth-order valence-corrected chi connectivity index (χ4v) is 14.6. The number of hydrogen-bond donors (Lipinski definition) is 0. The van der Waals surface area contributed by atoms with Gasteiger partial charge in [0, 0.05) is 45.6 Å². The van der Waals surface area contributed by atoms with Crippen molar-refractivity contribution in [3.63, 3.8) is 0 Å². The number of benzene rings is 1. The van der Waals surface area contributed by atoms with Crippen molar-refractivity contribution in [3.05, 3.63) is 95.0 Å². The number of hydrogen-bond acceptors (Lipinski definition) is 6. The molecule has 1 aromatic carbocycles. The van der Waals surface area contributed by atoms with Crippen LogP contribution in [0.5, 0.6) is 0 Å². The molecule has 1 aromatic rings. The number of allylic oxidation sites excluding steroid dienone is 2. The average molecular weight is 969 g/mol. The van der Waals surface area contributed by atoms with Crippen LogP contribution < -0.4 is 0 Å². The van der Waals surface area contributed by atoms with Gasteiger partial charge in [-0.05, 0) is 72.4 Å². The van der Waals surface area contributed by atoms with Crippen LogP contribution in [0.2, 0.25) is 34.8 Å². The van der Waals surface area contributed by atoms with Crippen molar-refractivity contribution in [2.45, 2.75) is 132 Å². The first kappa shape index (κ1) is 71.9. The fraction of sp³-hybridized carbons (Fsp3) is 0.523. The second-order valence-electron chi connectivity index (χ2n) is 14.8. The van der Waals surface area contributed by atoms with Crippen LogP contribution in [-0.2, 0) is 84.6 Å². The molecule has 1 aliphatic carbocycles. The van der Waals surface area contributed by atoms with Gasteiger partial charge in [-0.2, -0.15) is 0 Å². The van der Waals surface area contributed by atoms with E-state index in [0.717, 1.165) is 4.90 Å². The molecule has 11 nitrogen and oxygen atoms in total. The molecule has 0 saturated carbocycles. The van der Waals surface area contributed by atoms with E-state index in [1.165, 1.54) is 0 Å². The number of rotatable bonds is 13. The molecule has 2 rings (SSSR count). The number of thioether (sulfide) groups is 1. The van der Waals surface area contributed by atoms with Gasteiger partial charge in [-0.15, -0.1) is 18.3 Å². The Labute approximate surface area is 387 Å². The van der Waals surface area contributed by atoms with Gasteiger partial charge in [-0.3, -0.25) is 4.79 Å². The SMILES string of the molecule is C=C[C@]1(Sc2ccccc2)[C@@H](C(=O)O[Si](C(C)C)(C(C)C)C(C)C)C[C@@H](OCOC)C#C/C=C\C#C[C@@]1(C)O[Si](C)(C)C(C)(C)C.[C-]#[O+].[C-]#[O+].[C-]#[O+].[C-]#[O+].[C-]#[O+].[C-]#[O+].[Co].[Co]. The second-order valence-corrected chi connectivity index (χ2v) is 26.2. The van der Waals surface area contributed by atoms with Gasteiger partial charge in [0.1, 0.15) is 18.5 Å². The Bertz CT molecular complexity index is 1560. The molecule has 60 heavy (non-hydrogen) atoms. The summed E-state index contributed by atoms with van der Waals surface area (Å²) in [6.07, 6.45) is 4.95. The van der Waals surface area contributed by atoms with Gasteiger partial charge in [0.25, 0.3) is 14.3 Å². The summed E-state index contributed by atoms with van der Waals surface area (Å²) in [5, 5.41) is -0.123. The average Bonchev–Trinajstić information content (AvgIpc) is 3.23. The van der Waals surface area contributed by atoms with Crippen LogP contribution in [0.25, 0.3) is 0 Å². The third kappa shape index (κ3) is 21.0. The second kappa shape index (κ2) is 38.1. The molecule has 0 heterocycles. The van der Waals surface area contributed by atoms with E-state index in [9.17, 15) is 0 Å². The third-order valence-corrected chi connectivity index (χ3v) is 22.0. The molecule has 0 aromatic heterocycles. The third-order valence-electron chi connectivity index (χ3n) is 9.77. The van der Waals surface area contributed by atoms with Gasteiger partial charge in [-0.25, -0.2) is 0 Å². The monoisotopic (exact) mass is 968 g/mol. The molecule has 0 aliphatic heterocycles. The maximum absolute atomic E-state index is 15.2. The summed E-state index contributed by atoms with van der Waals surface area (Å²) in [5.74, 6) is 12.0. The zero-order valence-corrected chi connectivity index (χ0v) is 41.6. The molecule has 1 aliphatic rings. The first-order chi connectivity index (χ1) is 27.3. The summed E-state index contributed by atoms with van der Waals surface area (Å²) in [5.41, 5.74) is -0.546. The Kier molecular flexibility index (Phi) is 45.7. The van der Waals surface area contributed by atoms with E-state index < -0.39 is 39.0 Å². The molecule has 0 N–H and O–H groups in total. The van der Waals surface area contributed by atoms with E-state index in [4.69, 9.17) is 46.2 Å². The molecular formula is C44H58Co2O11SSi2. The van der Waals surface area contributed by atoms with Crippen LogP contribution in [0.1, 0.15) is 75.7 Å². The largest absolute Gasteiger partial charge is 0 e. The minimum Gasteiger partial charge on any atom is 0 e. The Hall–Kier alpha value is -2.59. The molecule has 332 valence electrons. The summed E-state index contributed by atoms with van der Waals surface area (Å²) in [7, 11) is -3.55. The number of carbonyl (C=O) groups excluding carboxylic acids is 1. The number of methoxy groups -OCH3 is 1. The van der Waals surface area contributed by atoms with Crippen molar-refractivity contribution >= 4 is 34.4 Å². The van der Waals surface area contributed by atoms with Crippen LogP contribution in [0.4, 0.5) is 0 Å². The molecule has 2 radical (unpaired) electrons. The fourth-order valence-electron chi connectivity index (χ4n) is 6.41. The van der Waals surface area contributed by atoms with E-state index >= 15 is 4.79 Å². The Morgan fingerprint density at radius 2 is 1.30 bits per heavy atom. The predicted octanol–water partition coefficient (Wildman–Crippen LogP) is 9.54. The van der Waals surface area contributed by atoms with E-state index in [1.807, 2.05) is 31.2 Å². The van der Waals surface area contributed by atoms with E-state index in [1.54, 1.807) is 31.0 Å². The molecular weight excluding hydrogens is 911 g/mol. The Balaban J connectivity index is -0.000000367. The summed E-state index contributed by atoms with van der Waals surface area (Å²) >= 11 is 1.56. The number of carbonyl (C=O) groups is 1. The van der Waals surface area contributed by atoms with Gasteiger partial charge in [0.05, 0.1) is 10.7 Å². The van der Waals surface area contributed by atoms with E-state index in [-0.39, 0.29) is 74.4 Å². The van der Waals surface area contributed by atoms with Crippen LogP contribution in [0.15, 0.2) is 60.0 Å². The molecule has 0 fully saturated rings. The standard InChI is InChI=1S/C38H58O5SSi2.6CO.2Co/c1-15-38(44-33-24-20-18-21-25-33)34(35(39)42-46(29(2)3,30(4)5)31(6)7)27-32(41-28-40-12)23-19-16-17-22-26-37(38,11)43-45(13,14)36(8,9)10;6*1-2;;/h15-18,20-21,24-25,29-32,34H,1,27-28H2,2-14H3;;;;;;;;/b17-16-;;;;;;;;/t32-,34+,37+,38-;;;;;;;;/m0......../s1. The van der Waals surface area contributed by atoms with Gasteiger partial charge < -0.3 is 18.3 Å². The van der Waals surface area contributed by atoms with Gasteiger partial charge in [0.15, 0.2) is 8.32 Å². The quantitative estimate of drug-likeness (QED) is 0.0476. The van der Waals surface area contributed by atoms with E-state index in [0.29, 0.717) is 0 Å². The summed E-state index contributed by atoms with van der Waals surface area (Å²) < 4.78 is 69.7. The topological polar surface area (TPSA) is 173 Å². The molecule has 0 bridgehead atoms. The normalized spacial score (nSPS) is 19.2. The summed E-state index contributed by atoms with van der Waals surface area (Å²) in [6, 6.07) is 10.1. The van der Waals surface area contributed by atoms with Crippen molar-refractivity contribution < 1.29 is 84.6 Å².